The van der Waals surface area contributed by atoms with E-state index in [0.717, 1.165) is 19.0 Å². The largest absolute Gasteiger partial charge is 0.349 e. The van der Waals surface area contributed by atoms with Gasteiger partial charge in [-0.05, 0) is 81.9 Å². The third-order valence-electron chi connectivity index (χ3n) is 6.87. The van der Waals surface area contributed by atoms with Crippen molar-refractivity contribution < 1.29 is 0 Å². The highest BCUT2D eigenvalue weighted by atomic mass is 15.2. The molecule has 152 valence electrons. The third kappa shape index (κ3) is 5.27. The van der Waals surface area contributed by atoms with Crippen LogP contribution in [0.4, 0.5) is 0 Å². The van der Waals surface area contributed by atoms with Gasteiger partial charge in [0, 0.05) is 31.5 Å². The monoisotopic (exact) mass is 379 g/mol. The Labute approximate surface area is 171 Å². The van der Waals surface area contributed by atoms with Crippen LogP contribution in [0.2, 0.25) is 0 Å². The van der Waals surface area contributed by atoms with Crippen LogP contribution in [0.15, 0.2) is 42.5 Å². The zero-order chi connectivity index (χ0) is 19.2. The molecule has 0 aliphatic carbocycles. The topological polar surface area (TPSA) is 11.4 Å². The summed E-state index contributed by atoms with van der Waals surface area (Å²) in [6.07, 6.45) is 9.48. The molecule has 2 aliphatic rings. The van der Waals surface area contributed by atoms with Gasteiger partial charge in [0.05, 0.1) is 0 Å². The van der Waals surface area contributed by atoms with Gasteiger partial charge in [-0.2, -0.15) is 0 Å². The highest BCUT2D eigenvalue weighted by molar-refractivity contribution is 5.17. The average molecular weight is 380 g/mol. The molecule has 3 heterocycles. The molecule has 3 heteroatoms. The molecular formula is C25H37N3. The van der Waals surface area contributed by atoms with E-state index < -0.39 is 0 Å². The fourth-order valence-electron chi connectivity index (χ4n) is 4.97. The van der Waals surface area contributed by atoms with Crippen LogP contribution in [-0.4, -0.2) is 40.5 Å². The fourth-order valence-corrected chi connectivity index (χ4v) is 4.97. The Kier molecular flexibility index (Phi) is 6.87. The SMILES string of the molecule is Cn1c(CN2CCCCCC2)ccc1CN1CCC(Cc2ccccc2)CC1. The zero-order valence-corrected chi connectivity index (χ0v) is 17.7. The van der Waals surface area contributed by atoms with E-state index >= 15 is 0 Å². The maximum Gasteiger partial charge on any atom is 0.0387 e. The molecule has 2 aromatic rings. The van der Waals surface area contributed by atoms with Gasteiger partial charge in [-0.25, -0.2) is 0 Å². The predicted octanol–water partition coefficient (Wildman–Crippen LogP) is 4.86. The average Bonchev–Trinajstić information content (AvgIpc) is 2.91. The van der Waals surface area contributed by atoms with E-state index in [4.69, 9.17) is 0 Å². The van der Waals surface area contributed by atoms with Crippen LogP contribution in [0.3, 0.4) is 0 Å². The Morgan fingerprint density at radius 3 is 1.89 bits per heavy atom. The normalized spacial score (nSPS) is 20.3. The minimum absolute atomic E-state index is 0.852. The number of likely N-dealkylation sites (tertiary alicyclic amines) is 2. The predicted molar refractivity (Wildman–Crippen MR) is 117 cm³/mol. The summed E-state index contributed by atoms with van der Waals surface area (Å²) < 4.78 is 2.46. The van der Waals surface area contributed by atoms with Crippen LogP contribution in [0.5, 0.6) is 0 Å². The molecule has 2 saturated heterocycles. The van der Waals surface area contributed by atoms with Crippen molar-refractivity contribution in [2.45, 2.75) is 58.0 Å². The van der Waals surface area contributed by atoms with Crippen LogP contribution in [-0.2, 0) is 26.6 Å². The van der Waals surface area contributed by atoms with Crippen molar-refractivity contribution in [3.8, 4) is 0 Å². The molecular weight excluding hydrogens is 342 g/mol. The minimum atomic E-state index is 0.852. The molecule has 28 heavy (non-hydrogen) atoms. The number of hydrogen-bond donors (Lipinski definition) is 0. The van der Waals surface area contributed by atoms with Crippen LogP contribution < -0.4 is 0 Å². The first-order chi connectivity index (χ1) is 13.8. The van der Waals surface area contributed by atoms with E-state index in [1.165, 1.54) is 88.1 Å². The highest BCUT2D eigenvalue weighted by Crippen LogP contribution is 2.23. The molecule has 4 rings (SSSR count). The quantitative estimate of drug-likeness (QED) is 0.710. The lowest BCUT2D eigenvalue weighted by molar-refractivity contribution is 0.173. The Morgan fingerprint density at radius 1 is 0.714 bits per heavy atom. The molecule has 0 bridgehead atoms. The number of aromatic nitrogens is 1. The van der Waals surface area contributed by atoms with Gasteiger partial charge in [-0.3, -0.25) is 9.80 Å². The van der Waals surface area contributed by atoms with Crippen molar-refractivity contribution in [1.29, 1.82) is 0 Å². The van der Waals surface area contributed by atoms with Gasteiger partial charge in [-0.15, -0.1) is 0 Å². The maximum atomic E-state index is 2.66. The summed E-state index contributed by atoms with van der Waals surface area (Å²) in [5.74, 6) is 0.852. The molecule has 2 fully saturated rings. The first-order valence-electron chi connectivity index (χ1n) is 11.4. The molecule has 1 aromatic carbocycles. The minimum Gasteiger partial charge on any atom is -0.349 e. The van der Waals surface area contributed by atoms with Crippen molar-refractivity contribution in [1.82, 2.24) is 14.4 Å². The smallest absolute Gasteiger partial charge is 0.0387 e. The molecule has 0 unspecified atom stereocenters. The number of rotatable bonds is 6. The number of piperidine rings is 1. The lowest BCUT2D eigenvalue weighted by Crippen LogP contribution is -2.34. The van der Waals surface area contributed by atoms with Gasteiger partial charge in [0.25, 0.3) is 0 Å². The van der Waals surface area contributed by atoms with Gasteiger partial charge in [0.1, 0.15) is 0 Å². The molecule has 0 atom stereocenters. The highest BCUT2D eigenvalue weighted by Gasteiger charge is 2.21. The number of hydrogen-bond acceptors (Lipinski definition) is 2. The second-order valence-corrected chi connectivity index (χ2v) is 8.97. The van der Waals surface area contributed by atoms with Gasteiger partial charge in [0.2, 0.25) is 0 Å². The van der Waals surface area contributed by atoms with Crippen LogP contribution in [0.1, 0.15) is 55.5 Å². The summed E-state index contributed by atoms with van der Waals surface area (Å²) in [6.45, 7) is 7.25. The van der Waals surface area contributed by atoms with Crippen molar-refractivity contribution in [3.63, 3.8) is 0 Å². The second kappa shape index (κ2) is 9.76. The molecule has 1 aromatic heterocycles. The summed E-state index contributed by atoms with van der Waals surface area (Å²) >= 11 is 0. The Balaban J connectivity index is 1.26. The molecule has 0 amide bonds. The number of nitrogens with zero attached hydrogens (tertiary/aromatic N) is 3. The van der Waals surface area contributed by atoms with Crippen molar-refractivity contribution in [3.05, 3.63) is 59.4 Å². The van der Waals surface area contributed by atoms with Crippen LogP contribution in [0.25, 0.3) is 0 Å². The first kappa shape index (κ1) is 19.7. The van der Waals surface area contributed by atoms with Crippen molar-refractivity contribution in [2.24, 2.45) is 13.0 Å². The molecule has 3 nitrogen and oxygen atoms in total. The Morgan fingerprint density at radius 2 is 1.29 bits per heavy atom. The van der Waals surface area contributed by atoms with E-state index in [9.17, 15) is 0 Å². The standard InChI is InChI=1S/C25H37N3/c1-26-24(20-27-15-7-2-3-8-16-27)11-12-25(26)21-28-17-13-23(14-18-28)19-22-9-5-4-6-10-22/h4-6,9-12,23H,2-3,7-8,13-21H2,1H3. The Hall–Kier alpha value is -1.58. The van der Waals surface area contributed by atoms with Gasteiger partial charge in [-0.1, -0.05) is 43.2 Å². The first-order valence-corrected chi connectivity index (χ1v) is 11.4. The van der Waals surface area contributed by atoms with Gasteiger partial charge < -0.3 is 4.57 Å². The Bertz CT molecular complexity index is 705. The van der Waals surface area contributed by atoms with Crippen molar-refractivity contribution >= 4 is 0 Å². The van der Waals surface area contributed by atoms with Gasteiger partial charge >= 0.3 is 0 Å². The molecule has 0 spiro atoms. The van der Waals surface area contributed by atoms with E-state index in [-0.39, 0.29) is 0 Å². The molecule has 0 N–H and O–H groups in total. The van der Waals surface area contributed by atoms with Crippen molar-refractivity contribution in [2.75, 3.05) is 26.2 Å². The lowest BCUT2D eigenvalue weighted by atomic mass is 9.90. The summed E-state index contributed by atoms with van der Waals surface area (Å²) in [7, 11) is 2.27. The molecule has 2 aliphatic heterocycles. The maximum absolute atomic E-state index is 2.66. The summed E-state index contributed by atoms with van der Waals surface area (Å²) in [6, 6.07) is 15.7. The molecule has 0 saturated carbocycles. The van der Waals surface area contributed by atoms with E-state index in [0.29, 0.717) is 0 Å². The van der Waals surface area contributed by atoms with E-state index in [1.54, 1.807) is 0 Å². The second-order valence-electron chi connectivity index (χ2n) is 8.97. The van der Waals surface area contributed by atoms with E-state index in [1.807, 2.05) is 0 Å². The van der Waals surface area contributed by atoms with E-state index in [2.05, 4.69) is 63.9 Å². The summed E-state index contributed by atoms with van der Waals surface area (Å²) in [5, 5.41) is 0. The molecule has 0 radical (unpaired) electrons. The summed E-state index contributed by atoms with van der Waals surface area (Å²) in [4.78, 5) is 5.31. The third-order valence-corrected chi connectivity index (χ3v) is 6.87. The van der Waals surface area contributed by atoms with Gasteiger partial charge in [0.15, 0.2) is 0 Å². The lowest BCUT2D eigenvalue weighted by Gasteiger charge is -2.32. The number of benzene rings is 1. The zero-order valence-electron chi connectivity index (χ0n) is 17.7. The van der Waals surface area contributed by atoms with Crippen LogP contribution >= 0.6 is 0 Å². The summed E-state index contributed by atoms with van der Waals surface area (Å²) in [5.41, 5.74) is 4.46. The van der Waals surface area contributed by atoms with Crippen LogP contribution in [0, 0.1) is 5.92 Å². The fraction of sp³-hybridized carbons (Fsp3) is 0.600.